The van der Waals surface area contributed by atoms with Gasteiger partial charge in [-0.2, -0.15) is 0 Å². The predicted octanol–water partition coefficient (Wildman–Crippen LogP) is 4.00. The van der Waals surface area contributed by atoms with Crippen LogP contribution in [-0.2, 0) is 0 Å². The zero-order valence-electron chi connectivity index (χ0n) is 9.53. The zero-order valence-corrected chi connectivity index (χ0v) is 10.3. The van der Waals surface area contributed by atoms with E-state index in [0.29, 0.717) is 16.1 Å². The van der Waals surface area contributed by atoms with Crippen molar-refractivity contribution in [3.63, 3.8) is 0 Å². The summed E-state index contributed by atoms with van der Waals surface area (Å²) in [7, 11) is 0. The SMILES string of the molecule is Cc1cnc(=S)[nH]c1-c1cc2cc(F)ccc2o1. The maximum Gasteiger partial charge on any atom is 0.197 e. The molecule has 0 saturated heterocycles. The minimum atomic E-state index is -0.283. The van der Waals surface area contributed by atoms with Gasteiger partial charge in [0, 0.05) is 11.6 Å². The third-order valence-electron chi connectivity index (χ3n) is 2.73. The molecule has 1 N–H and O–H groups in total. The summed E-state index contributed by atoms with van der Waals surface area (Å²) in [5.41, 5.74) is 2.33. The number of nitrogens with zero attached hydrogens (tertiary/aromatic N) is 1. The maximum atomic E-state index is 13.1. The highest BCUT2D eigenvalue weighted by atomic mass is 32.1. The fourth-order valence-corrected chi connectivity index (χ4v) is 2.01. The number of benzene rings is 1. The first-order chi connectivity index (χ1) is 8.63. The van der Waals surface area contributed by atoms with Crippen molar-refractivity contribution in [3.05, 3.63) is 46.6 Å². The summed E-state index contributed by atoms with van der Waals surface area (Å²) in [6.07, 6.45) is 1.68. The third-order valence-corrected chi connectivity index (χ3v) is 2.93. The summed E-state index contributed by atoms with van der Waals surface area (Å²) in [6, 6.07) is 6.20. The van der Waals surface area contributed by atoms with Gasteiger partial charge in [0.25, 0.3) is 0 Å². The van der Waals surface area contributed by atoms with Crippen molar-refractivity contribution in [1.82, 2.24) is 9.97 Å². The number of halogens is 1. The van der Waals surface area contributed by atoms with Crippen LogP contribution in [0.2, 0.25) is 0 Å². The minimum Gasteiger partial charge on any atom is -0.455 e. The highest BCUT2D eigenvalue weighted by Crippen LogP contribution is 2.28. The Labute approximate surface area is 107 Å². The predicted molar refractivity (Wildman–Crippen MR) is 69.3 cm³/mol. The Morgan fingerprint density at radius 2 is 2.17 bits per heavy atom. The lowest BCUT2D eigenvalue weighted by Crippen LogP contribution is -1.89. The van der Waals surface area contributed by atoms with E-state index in [1.807, 2.05) is 6.92 Å². The van der Waals surface area contributed by atoms with Crippen LogP contribution < -0.4 is 0 Å². The second kappa shape index (κ2) is 4.03. The molecule has 18 heavy (non-hydrogen) atoms. The molecule has 2 heterocycles. The number of fused-ring (bicyclic) bond motifs is 1. The van der Waals surface area contributed by atoms with Gasteiger partial charge in [-0.3, -0.25) is 0 Å². The first kappa shape index (κ1) is 11.1. The van der Waals surface area contributed by atoms with Crippen LogP contribution in [0.5, 0.6) is 0 Å². The number of rotatable bonds is 1. The normalized spacial score (nSPS) is 11.0. The van der Waals surface area contributed by atoms with Crippen molar-refractivity contribution in [3.8, 4) is 11.5 Å². The third kappa shape index (κ3) is 1.82. The summed E-state index contributed by atoms with van der Waals surface area (Å²) in [4.78, 5) is 6.97. The van der Waals surface area contributed by atoms with Crippen molar-refractivity contribution < 1.29 is 8.81 Å². The van der Waals surface area contributed by atoms with E-state index in [2.05, 4.69) is 9.97 Å². The van der Waals surface area contributed by atoms with E-state index in [-0.39, 0.29) is 5.82 Å². The highest BCUT2D eigenvalue weighted by Gasteiger charge is 2.09. The molecule has 1 aromatic carbocycles. The van der Waals surface area contributed by atoms with Crippen LogP contribution in [0, 0.1) is 17.5 Å². The van der Waals surface area contributed by atoms with Gasteiger partial charge in [-0.05, 0) is 49.0 Å². The molecule has 5 heteroatoms. The van der Waals surface area contributed by atoms with Crippen molar-refractivity contribution in [1.29, 1.82) is 0 Å². The average molecular weight is 260 g/mol. The minimum absolute atomic E-state index is 0.283. The fraction of sp³-hybridized carbons (Fsp3) is 0.0769. The van der Waals surface area contributed by atoms with Gasteiger partial charge in [0.2, 0.25) is 0 Å². The van der Waals surface area contributed by atoms with Gasteiger partial charge in [-0.15, -0.1) is 0 Å². The van der Waals surface area contributed by atoms with Gasteiger partial charge in [-0.25, -0.2) is 9.37 Å². The number of H-pyrrole nitrogens is 1. The fourth-order valence-electron chi connectivity index (χ4n) is 1.85. The number of nitrogens with one attached hydrogen (secondary N) is 1. The molecule has 3 aromatic rings. The lowest BCUT2D eigenvalue weighted by atomic mass is 10.2. The Balaban J connectivity index is 2.25. The van der Waals surface area contributed by atoms with E-state index in [4.69, 9.17) is 16.6 Å². The second-order valence-corrected chi connectivity index (χ2v) is 4.43. The maximum absolute atomic E-state index is 13.1. The van der Waals surface area contributed by atoms with Crippen molar-refractivity contribution >= 4 is 23.2 Å². The summed E-state index contributed by atoms with van der Waals surface area (Å²) in [5, 5.41) is 0.723. The van der Waals surface area contributed by atoms with E-state index in [0.717, 1.165) is 16.6 Å². The first-order valence-corrected chi connectivity index (χ1v) is 5.80. The summed E-state index contributed by atoms with van der Waals surface area (Å²) in [6.45, 7) is 1.90. The number of aromatic amines is 1. The van der Waals surface area contributed by atoms with Gasteiger partial charge in [0.05, 0.1) is 5.69 Å². The standard InChI is InChI=1S/C13H9FN2OS/c1-7-6-15-13(18)16-12(7)11-5-8-4-9(14)2-3-10(8)17-11/h2-6H,1H3,(H,15,16,18). The highest BCUT2D eigenvalue weighted by molar-refractivity contribution is 7.71. The van der Waals surface area contributed by atoms with Crippen molar-refractivity contribution in [2.75, 3.05) is 0 Å². The van der Waals surface area contributed by atoms with Gasteiger partial charge in [-0.1, -0.05) is 0 Å². The first-order valence-electron chi connectivity index (χ1n) is 5.39. The zero-order chi connectivity index (χ0) is 12.7. The molecule has 0 spiro atoms. The number of hydrogen-bond donors (Lipinski definition) is 1. The molecule has 0 atom stereocenters. The molecule has 90 valence electrons. The molecule has 2 aromatic heterocycles. The van der Waals surface area contributed by atoms with Crippen LogP contribution >= 0.6 is 12.2 Å². The Hall–Kier alpha value is -2.01. The van der Waals surface area contributed by atoms with Crippen molar-refractivity contribution in [2.24, 2.45) is 0 Å². The smallest absolute Gasteiger partial charge is 0.197 e. The Morgan fingerprint density at radius 3 is 3.00 bits per heavy atom. The molecular weight excluding hydrogens is 251 g/mol. The molecule has 0 unspecified atom stereocenters. The molecule has 0 fully saturated rings. The second-order valence-electron chi connectivity index (χ2n) is 4.04. The van der Waals surface area contributed by atoms with Crippen LogP contribution in [0.25, 0.3) is 22.4 Å². The Kier molecular flexibility index (Phi) is 2.48. The molecule has 0 bridgehead atoms. The van der Waals surface area contributed by atoms with Crippen LogP contribution in [0.3, 0.4) is 0 Å². The van der Waals surface area contributed by atoms with Gasteiger partial charge < -0.3 is 9.40 Å². The largest absolute Gasteiger partial charge is 0.455 e. The Morgan fingerprint density at radius 1 is 1.33 bits per heavy atom. The van der Waals surface area contributed by atoms with E-state index in [1.165, 1.54) is 12.1 Å². The van der Waals surface area contributed by atoms with Crippen LogP contribution in [0.15, 0.2) is 34.9 Å². The van der Waals surface area contributed by atoms with E-state index >= 15 is 0 Å². The molecule has 0 radical (unpaired) electrons. The molecule has 0 amide bonds. The lowest BCUT2D eigenvalue weighted by molar-refractivity contribution is 0.617. The molecule has 0 aliphatic heterocycles. The van der Waals surface area contributed by atoms with Gasteiger partial charge in [0.1, 0.15) is 11.4 Å². The van der Waals surface area contributed by atoms with Crippen LogP contribution in [-0.4, -0.2) is 9.97 Å². The van der Waals surface area contributed by atoms with E-state index < -0.39 is 0 Å². The number of aryl methyl sites for hydroxylation is 1. The van der Waals surface area contributed by atoms with Crippen molar-refractivity contribution in [2.45, 2.75) is 6.92 Å². The molecule has 3 rings (SSSR count). The number of aromatic nitrogens is 2. The number of furan rings is 1. The Bertz CT molecular complexity index is 791. The molecular formula is C13H9FN2OS. The quantitative estimate of drug-likeness (QED) is 0.672. The molecule has 0 saturated carbocycles. The summed E-state index contributed by atoms with van der Waals surface area (Å²) >= 11 is 4.99. The molecule has 3 nitrogen and oxygen atoms in total. The molecule has 0 aliphatic rings. The van der Waals surface area contributed by atoms with Gasteiger partial charge >= 0.3 is 0 Å². The lowest BCUT2D eigenvalue weighted by Gasteiger charge is -2.00. The van der Waals surface area contributed by atoms with Crippen LogP contribution in [0.4, 0.5) is 4.39 Å². The monoisotopic (exact) mass is 260 g/mol. The summed E-state index contributed by atoms with van der Waals surface area (Å²) < 4.78 is 19.2. The average Bonchev–Trinajstić information content (AvgIpc) is 2.74. The molecule has 0 aliphatic carbocycles. The van der Waals surface area contributed by atoms with E-state index in [1.54, 1.807) is 18.3 Å². The van der Waals surface area contributed by atoms with E-state index in [9.17, 15) is 4.39 Å². The van der Waals surface area contributed by atoms with Crippen LogP contribution in [0.1, 0.15) is 5.56 Å². The summed E-state index contributed by atoms with van der Waals surface area (Å²) in [5.74, 6) is 0.343. The number of hydrogen-bond acceptors (Lipinski definition) is 3. The topological polar surface area (TPSA) is 41.8 Å². The van der Waals surface area contributed by atoms with Gasteiger partial charge in [0.15, 0.2) is 10.5 Å².